The highest BCUT2D eigenvalue weighted by molar-refractivity contribution is 5.19. The zero-order valence-electron chi connectivity index (χ0n) is 11.2. The number of allylic oxidation sites excluding steroid dienone is 4. The van der Waals surface area contributed by atoms with Gasteiger partial charge in [-0.1, -0.05) is 54.6 Å². The molecule has 1 atom stereocenters. The van der Waals surface area contributed by atoms with Crippen molar-refractivity contribution in [2.24, 2.45) is 0 Å². The molecule has 0 fully saturated rings. The Morgan fingerprint density at radius 1 is 0.667 bits per heavy atom. The van der Waals surface area contributed by atoms with Crippen molar-refractivity contribution in [1.82, 2.24) is 0 Å². The van der Waals surface area contributed by atoms with Crippen LogP contribution >= 0.6 is 0 Å². The van der Waals surface area contributed by atoms with Crippen LogP contribution in [0.25, 0.3) is 0 Å². The largest absolute Gasteiger partial charge is 0.0885 e. The van der Waals surface area contributed by atoms with Gasteiger partial charge in [0.25, 0.3) is 0 Å². The lowest BCUT2D eigenvalue weighted by atomic mass is 9.89. The Kier molecular flexibility index (Phi) is 5.78. The molecule has 0 radical (unpaired) electrons. The highest BCUT2D eigenvalue weighted by Gasteiger charge is 2.09. The van der Waals surface area contributed by atoms with E-state index in [1.54, 1.807) is 0 Å². The van der Waals surface area contributed by atoms with E-state index in [-0.39, 0.29) is 0 Å². The zero-order chi connectivity index (χ0) is 12.5. The Labute approximate surface area is 111 Å². The van der Waals surface area contributed by atoms with Crippen molar-refractivity contribution in [3.05, 3.63) is 60.2 Å². The van der Waals surface area contributed by atoms with E-state index in [4.69, 9.17) is 0 Å². The molecule has 0 saturated heterocycles. The third-order valence-corrected chi connectivity index (χ3v) is 3.71. The summed E-state index contributed by atoms with van der Waals surface area (Å²) in [5, 5.41) is 0. The van der Waals surface area contributed by atoms with E-state index in [1.165, 1.54) is 50.5 Å². The van der Waals surface area contributed by atoms with E-state index >= 15 is 0 Å². The maximum absolute atomic E-state index is 2.37. The lowest BCUT2D eigenvalue weighted by Crippen LogP contribution is -1.98. The van der Waals surface area contributed by atoms with Crippen molar-refractivity contribution in [2.75, 3.05) is 0 Å². The molecule has 0 nitrogen and oxygen atoms in total. The minimum absolute atomic E-state index is 0.740. The molecule has 0 amide bonds. The van der Waals surface area contributed by atoms with Gasteiger partial charge in [-0.3, -0.25) is 0 Å². The summed E-state index contributed by atoms with van der Waals surface area (Å²) in [7, 11) is 0. The fraction of sp³-hybridized carbons (Fsp3) is 0.444. The normalized spacial score (nSPS) is 25.7. The molecule has 1 unspecified atom stereocenters. The average molecular weight is 240 g/mol. The molecule has 1 aliphatic rings. The van der Waals surface area contributed by atoms with E-state index in [0.717, 1.165) is 5.92 Å². The first kappa shape index (κ1) is 13.1. The van der Waals surface area contributed by atoms with Gasteiger partial charge in [-0.25, -0.2) is 0 Å². The van der Waals surface area contributed by atoms with Crippen LogP contribution in [0.15, 0.2) is 54.6 Å². The minimum Gasteiger partial charge on any atom is -0.0885 e. The summed E-state index contributed by atoms with van der Waals surface area (Å²) in [5.41, 5.74) is 1.52. The Balaban J connectivity index is 1.98. The molecule has 0 aliphatic heterocycles. The van der Waals surface area contributed by atoms with Crippen LogP contribution in [-0.4, -0.2) is 0 Å². The van der Waals surface area contributed by atoms with Crippen LogP contribution in [-0.2, 0) is 0 Å². The molecule has 1 aliphatic carbocycles. The zero-order valence-corrected chi connectivity index (χ0v) is 11.2. The molecule has 1 aromatic rings. The second-order valence-corrected chi connectivity index (χ2v) is 5.14. The average Bonchev–Trinajstić information content (AvgIpc) is 2.40. The summed E-state index contributed by atoms with van der Waals surface area (Å²) < 4.78 is 0. The molecule has 0 saturated carbocycles. The smallest absolute Gasteiger partial charge is 0.0159 e. The van der Waals surface area contributed by atoms with Crippen LogP contribution in [0.5, 0.6) is 0 Å². The van der Waals surface area contributed by atoms with Crippen LogP contribution in [0, 0.1) is 0 Å². The van der Waals surface area contributed by atoms with Gasteiger partial charge in [-0.15, -0.1) is 0 Å². The molecular weight excluding hydrogens is 216 g/mol. The molecule has 0 heterocycles. The van der Waals surface area contributed by atoms with Gasteiger partial charge in [0.1, 0.15) is 0 Å². The molecule has 0 spiro atoms. The first-order valence-corrected chi connectivity index (χ1v) is 7.32. The number of benzene rings is 1. The lowest BCUT2D eigenvalue weighted by molar-refractivity contribution is 0.559. The number of hydrogen-bond donors (Lipinski definition) is 0. The Hall–Kier alpha value is -1.30. The quantitative estimate of drug-likeness (QED) is 0.558. The number of rotatable bonds is 1. The Morgan fingerprint density at radius 2 is 1.33 bits per heavy atom. The van der Waals surface area contributed by atoms with E-state index in [2.05, 4.69) is 54.6 Å². The Bertz CT molecular complexity index is 372. The monoisotopic (exact) mass is 240 g/mol. The van der Waals surface area contributed by atoms with Crippen LogP contribution in [0.3, 0.4) is 0 Å². The molecule has 1 aromatic carbocycles. The van der Waals surface area contributed by atoms with Gasteiger partial charge < -0.3 is 0 Å². The molecule has 96 valence electrons. The summed E-state index contributed by atoms with van der Waals surface area (Å²) in [6, 6.07) is 11.0. The molecule has 2 rings (SSSR count). The van der Waals surface area contributed by atoms with Gasteiger partial charge >= 0.3 is 0 Å². The SMILES string of the molecule is C1=C\CCCC(c2ccccc2)CC/C=C\CC/1. The first-order valence-electron chi connectivity index (χ1n) is 7.32. The van der Waals surface area contributed by atoms with Gasteiger partial charge in [0, 0.05) is 0 Å². The maximum Gasteiger partial charge on any atom is -0.0159 e. The fourth-order valence-electron chi connectivity index (χ4n) is 2.65. The number of hydrogen-bond acceptors (Lipinski definition) is 0. The van der Waals surface area contributed by atoms with Crippen molar-refractivity contribution in [3.63, 3.8) is 0 Å². The predicted octanol–water partition coefficient (Wildman–Crippen LogP) is 5.63. The van der Waals surface area contributed by atoms with Crippen LogP contribution in [0.4, 0.5) is 0 Å². The van der Waals surface area contributed by atoms with Gasteiger partial charge in [0.05, 0.1) is 0 Å². The summed E-state index contributed by atoms with van der Waals surface area (Å²) in [6.45, 7) is 0. The topological polar surface area (TPSA) is 0 Å². The van der Waals surface area contributed by atoms with Gasteiger partial charge in [0.2, 0.25) is 0 Å². The fourth-order valence-corrected chi connectivity index (χ4v) is 2.65. The summed E-state index contributed by atoms with van der Waals surface area (Å²) in [4.78, 5) is 0. The highest BCUT2D eigenvalue weighted by Crippen LogP contribution is 2.27. The summed E-state index contributed by atoms with van der Waals surface area (Å²) >= 11 is 0. The molecular formula is C18H24. The maximum atomic E-state index is 2.37. The molecule has 0 bridgehead atoms. The second-order valence-electron chi connectivity index (χ2n) is 5.14. The van der Waals surface area contributed by atoms with Gasteiger partial charge in [-0.05, 0) is 56.4 Å². The molecule has 0 N–H and O–H groups in total. The predicted molar refractivity (Wildman–Crippen MR) is 79.8 cm³/mol. The van der Waals surface area contributed by atoms with Crippen LogP contribution in [0.1, 0.15) is 56.4 Å². The molecule has 18 heavy (non-hydrogen) atoms. The van der Waals surface area contributed by atoms with Crippen molar-refractivity contribution in [3.8, 4) is 0 Å². The van der Waals surface area contributed by atoms with Gasteiger partial charge in [-0.2, -0.15) is 0 Å². The van der Waals surface area contributed by atoms with Crippen molar-refractivity contribution in [1.29, 1.82) is 0 Å². The third kappa shape index (κ3) is 4.52. The Morgan fingerprint density at radius 3 is 2.11 bits per heavy atom. The molecule has 0 heteroatoms. The van der Waals surface area contributed by atoms with Crippen LogP contribution in [0.2, 0.25) is 0 Å². The third-order valence-electron chi connectivity index (χ3n) is 3.71. The van der Waals surface area contributed by atoms with Crippen molar-refractivity contribution in [2.45, 2.75) is 50.9 Å². The lowest BCUT2D eigenvalue weighted by Gasteiger charge is -2.16. The van der Waals surface area contributed by atoms with Crippen molar-refractivity contribution >= 4 is 0 Å². The van der Waals surface area contributed by atoms with E-state index in [0.29, 0.717) is 0 Å². The van der Waals surface area contributed by atoms with E-state index in [9.17, 15) is 0 Å². The second kappa shape index (κ2) is 7.92. The molecule has 0 aromatic heterocycles. The highest BCUT2D eigenvalue weighted by atomic mass is 14.1. The first-order chi connectivity index (χ1) is 8.97. The van der Waals surface area contributed by atoms with Crippen LogP contribution < -0.4 is 0 Å². The van der Waals surface area contributed by atoms with E-state index < -0.39 is 0 Å². The van der Waals surface area contributed by atoms with E-state index in [1.807, 2.05) is 0 Å². The van der Waals surface area contributed by atoms with Crippen molar-refractivity contribution < 1.29 is 0 Å². The minimum atomic E-state index is 0.740. The summed E-state index contributed by atoms with van der Waals surface area (Å²) in [5.74, 6) is 0.740. The van der Waals surface area contributed by atoms with Gasteiger partial charge in [0.15, 0.2) is 0 Å². The summed E-state index contributed by atoms with van der Waals surface area (Å²) in [6.07, 6.45) is 18.2. The standard InChI is InChI=1S/C18H24/c1-2-4-6-9-13-17(14-10-7-5-3-1)18-15-11-8-12-16-18/h2,4-5,7-8,11-12,15-17H,1,3,6,9-10,13-14H2/b4-2-,7-5-.